The summed E-state index contributed by atoms with van der Waals surface area (Å²) in [5.74, 6) is 1.97. The Morgan fingerprint density at radius 3 is 1.31 bits per heavy atom. The molecule has 0 saturated carbocycles. The van der Waals surface area contributed by atoms with Crippen molar-refractivity contribution >= 4 is 64.6 Å². The van der Waals surface area contributed by atoms with Gasteiger partial charge in [-0.1, -0.05) is 152 Å². The Balaban J connectivity index is 1.34. The molecule has 0 bridgehead atoms. The van der Waals surface area contributed by atoms with Crippen molar-refractivity contribution in [2.45, 2.75) is 0 Å². The van der Waals surface area contributed by atoms with Gasteiger partial charge in [-0.25, -0.2) is 15.0 Å². The van der Waals surface area contributed by atoms with Gasteiger partial charge in [0.25, 0.3) is 0 Å². The van der Waals surface area contributed by atoms with E-state index in [9.17, 15) is 0 Å². The molecular weight excluding hydrogens is 583 g/mol. The highest BCUT2D eigenvalue weighted by atomic mass is 15.0. The number of rotatable bonds is 3. The Bertz CT molecular complexity index is 2890. The van der Waals surface area contributed by atoms with Gasteiger partial charge in [-0.2, -0.15) is 0 Å². The summed E-state index contributed by atoms with van der Waals surface area (Å²) in [4.78, 5) is 15.7. The van der Waals surface area contributed by atoms with Gasteiger partial charge in [0.05, 0.1) is 0 Å². The van der Waals surface area contributed by atoms with Crippen molar-refractivity contribution in [1.29, 1.82) is 0 Å². The van der Waals surface area contributed by atoms with Gasteiger partial charge in [0.15, 0.2) is 17.5 Å². The summed E-state index contributed by atoms with van der Waals surface area (Å²) in [7, 11) is 0. The Morgan fingerprint density at radius 2 is 0.667 bits per heavy atom. The third kappa shape index (κ3) is 4.04. The van der Waals surface area contributed by atoms with Gasteiger partial charge in [-0.05, 0) is 76.8 Å². The average molecular weight is 610 g/mol. The molecule has 0 N–H and O–H groups in total. The second-order valence-electron chi connectivity index (χ2n) is 12.3. The second-order valence-corrected chi connectivity index (χ2v) is 12.3. The van der Waals surface area contributed by atoms with Crippen LogP contribution >= 0.6 is 0 Å². The molecule has 0 fully saturated rings. The maximum Gasteiger partial charge on any atom is 0.164 e. The van der Waals surface area contributed by atoms with Gasteiger partial charge in [0.2, 0.25) is 0 Å². The summed E-state index contributed by atoms with van der Waals surface area (Å²) in [5, 5.41) is 14.4. The van der Waals surface area contributed by atoms with Gasteiger partial charge in [0, 0.05) is 16.7 Å². The first-order valence-electron chi connectivity index (χ1n) is 16.3. The first-order chi connectivity index (χ1) is 23.8. The smallest absolute Gasteiger partial charge is 0.164 e. The molecule has 0 aliphatic rings. The summed E-state index contributed by atoms with van der Waals surface area (Å²) in [6.07, 6.45) is 0. The lowest BCUT2D eigenvalue weighted by Crippen LogP contribution is -2.01. The SMILES string of the molecule is c1ccc(-c2nc(-c3cc4ccccc4c4ccccc34)nc(-c3cc4c5ccccc5c5ccccc5c4c4ccccc34)n2)cc1. The molecule has 0 spiro atoms. The molecule has 3 nitrogen and oxygen atoms in total. The van der Waals surface area contributed by atoms with Gasteiger partial charge in [-0.3, -0.25) is 0 Å². The van der Waals surface area contributed by atoms with E-state index < -0.39 is 0 Å². The number of nitrogens with zero attached hydrogens (tertiary/aromatic N) is 3. The molecule has 0 amide bonds. The maximum absolute atomic E-state index is 5.33. The minimum absolute atomic E-state index is 0.653. The first kappa shape index (κ1) is 26.7. The normalized spacial score (nSPS) is 11.8. The Morgan fingerprint density at radius 1 is 0.271 bits per heavy atom. The Hall–Kier alpha value is -6.45. The van der Waals surface area contributed by atoms with Gasteiger partial charge in [0.1, 0.15) is 0 Å². The highest BCUT2D eigenvalue weighted by Gasteiger charge is 2.20. The van der Waals surface area contributed by atoms with E-state index in [-0.39, 0.29) is 0 Å². The van der Waals surface area contributed by atoms with Crippen LogP contribution in [0, 0.1) is 0 Å². The lowest BCUT2D eigenvalue weighted by atomic mass is 9.89. The largest absolute Gasteiger partial charge is 0.208 e. The Kier molecular flexibility index (Phi) is 5.87. The number of hydrogen-bond acceptors (Lipinski definition) is 3. The zero-order valence-corrected chi connectivity index (χ0v) is 25.9. The zero-order chi connectivity index (χ0) is 31.6. The second kappa shape index (κ2) is 10.5. The van der Waals surface area contributed by atoms with Crippen LogP contribution in [0.3, 0.4) is 0 Å². The van der Waals surface area contributed by atoms with E-state index in [1.54, 1.807) is 0 Å². The highest BCUT2D eigenvalue weighted by molar-refractivity contribution is 6.32. The van der Waals surface area contributed by atoms with Gasteiger partial charge < -0.3 is 0 Å². The predicted octanol–water partition coefficient (Wildman–Crippen LogP) is 11.8. The molecule has 222 valence electrons. The van der Waals surface area contributed by atoms with Crippen LogP contribution in [0.15, 0.2) is 164 Å². The van der Waals surface area contributed by atoms with Crippen LogP contribution in [0.2, 0.25) is 0 Å². The molecular formula is C45H27N3. The number of aromatic nitrogens is 3. The summed E-state index contributed by atoms with van der Waals surface area (Å²) >= 11 is 0. The lowest BCUT2D eigenvalue weighted by molar-refractivity contribution is 1.08. The summed E-state index contributed by atoms with van der Waals surface area (Å²) in [6.45, 7) is 0. The lowest BCUT2D eigenvalue weighted by Gasteiger charge is -2.16. The summed E-state index contributed by atoms with van der Waals surface area (Å²) in [6, 6.07) is 58.0. The Labute approximate surface area is 276 Å². The van der Waals surface area contributed by atoms with E-state index in [1.165, 1.54) is 48.5 Å². The van der Waals surface area contributed by atoms with Gasteiger partial charge >= 0.3 is 0 Å². The van der Waals surface area contributed by atoms with E-state index in [0.717, 1.165) is 32.8 Å². The minimum Gasteiger partial charge on any atom is -0.208 e. The number of benzene rings is 9. The quantitative estimate of drug-likeness (QED) is 0.187. The van der Waals surface area contributed by atoms with E-state index in [4.69, 9.17) is 15.0 Å². The molecule has 3 heteroatoms. The fraction of sp³-hybridized carbons (Fsp3) is 0. The average Bonchev–Trinajstić information content (AvgIpc) is 3.17. The zero-order valence-electron chi connectivity index (χ0n) is 25.9. The van der Waals surface area contributed by atoms with Crippen LogP contribution in [-0.2, 0) is 0 Å². The van der Waals surface area contributed by atoms with Crippen molar-refractivity contribution in [2.75, 3.05) is 0 Å². The van der Waals surface area contributed by atoms with E-state index in [0.29, 0.717) is 17.5 Å². The predicted molar refractivity (Wildman–Crippen MR) is 201 cm³/mol. The summed E-state index contributed by atoms with van der Waals surface area (Å²) < 4.78 is 0. The van der Waals surface area contributed by atoms with Crippen molar-refractivity contribution < 1.29 is 0 Å². The molecule has 0 atom stereocenters. The fourth-order valence-electron chi connectivity index (χ4n) is 7.52. The van der Waals surface area contributed by atoms with Crippen LogP contribution in [0.4, 0.5) is 0 Å². The van der Waals surface area contributed by atoms with Crippen molar-refractivity contribution in [2.24, 2.45) is 0 Å². The minimum atomic E-state index is 0.653. The molecule has 1 heterocycles. The van der Waals surface area contributed by atoms with Crippen LogP contribution in [-0.4, -0.2) is 15.0 Å². The fourth-order valence-corrected chi connectivity index (χ4v) is 7.52. The maximum atomic E-state index is 5.33. The van der Waals surface area contributed by atoms with E-state index in [2.05, 4.69) is 146 Å². The highest BCUT2D eigenvalue weighted by Crippen LogP contribution is 2.43. The molecule has 48 heavy (non-hydrogen) atoms. The van der Waals surface area contributed by atoms with E-state index >= 15 is 0 Å². The third-order valence-corrected chi connectivity index (χ3v) is 9.67. The first-order valence-corrected chi connectivity index (χ1v) is 16.3. The van der Waals surface area contributed by atoms with Gasteiger partial charge in [-0.15, -0.1) is 0 Å². The van der Waals surface area contributed by atoms with Crippen molar-refractivity contribution in [1.82, 2.24) is 15.0 Å². The van der Waals surface area contributed by atoms with Crippen LogP contribution in [0.1, 0.15) is 0 Å². The standard InChI is InChI=1S/C45H27N3/c1-2-14-28(15-3-1)43-46-44(40-26-29-16-4-5-17-30(29)31-18-6-9-22-35(31)40)48-45(47-43)41-27-39-34-21-8-7-19-32(34)33-20-10-12-24-37(33)42(39)38-25-13-11-23-36(38)41/h1-27H. The van der Waals surface area contributed by atoms with Crippen molar-refractivity contribution in [3.8, 4) is 34.2 Å². The molecule has 0 saturated heterocycles. The molecule has 0 unspecified atom stereocenters. The number of hydrogen-bond donors (Lipinski definition) is 0. The molecule has 10 rings (SSSR count). The van der Waals surface area contributed by atoms with Crippen molar-refractivity contribution in [3.63, 3.8) is 0 Å². The molecule has 0 aliphatic heterocycles. The number of fused-ring (bicyclic) bond motifs is 11. The molecule has 10 aromatic rings. The molecule has 0 aliphatic carbocycles. The van der Waals surface area contributed by atoms with Crippen LogP contribution < -0.4 is 0 Å². The molecule has 9 aromatic carbocycles. The summed E-state index contributed by atoms with van der Waals surface area (Å²) in [5.41, 5.74) is 2.94. The van der Waals surface area contributed by atoms with Crippen LogP contribution in [0.25, 0.3) is 98.8 Å². The third-order valence-electron chi connectivity index (χ3n) is 9.67. The monoisotopic (exact) mass is 609 g/mol. The topological polar surface area (TPSA) is 38.7 Å². The van der Waals surface area contributed by atoms with Crippen LogP contribution in [0.5, 0.6) is 0 Å². The molecule has 0 radical (unpaired) electrons. The molecule has 1 aromatic heterocycles. The van der Waals surface area contributed by atoms with Crippen molar-refractivity contribution in [3.05, 3.63) is 164 Å². The van der Waals surface area contributed by atoms with E-state index in [1.807, 2.05) is 18.2 Å².